The van der Waals surface area contributed by atoms with Crippen LogP contribution in [0.2, 0.25) is 10.0 Å². The van der Waals surface area contributed by atoms with Gasteiger partial charge in [0.25, 0.3) is 5.91 Å². The molecule has 0 aliphatic heterocycles. The number of hydrogen-bond acceptors (Lipinski definition) is 6. The monoisotopic (exact) mass is 648 g/mol. The van der Waals surface area contributed by atoms with Crippen molar-refractivity contribution in [2.45, 2.75) is 27.4 Å². The van der Waals surface area contributed by atoms with Gasteiger partial charge in [0.2, 0.25) is 11.8 Å². The zero-order valence-corrected chi connectivity index (χ0v) is 27.2. The van der Waals surface area contributed by atoms with Crippen LogP contribution in [0.25, 0.3) is 17.0 Å². The lowest BCUT2D eigenvalue weighted by molar-refractivity contribution is -0.122. The van der Waals surface area contributed by atoms with Crippen LogP contribution in [0.15, 0.2) is 60.7 Å². The number of aromatic nitrogens is 1. The average molecular weight is 650 g/mol. The Balaban J connectivity index is 1.43. The van der Waals surface area contributed by atoms with Crippen molar-refractivity contribution in [2.75, 3.05) is 32.1 Å². The molecule has 2 N–H and O–H groups in total. The Bertz CT molecular complexity index is 1770. The van der Waals surface area contributed by atoms with Crippen LogP contribution in [0.5, 0.6) is 11.5 Å². The molecule has 3 aromatic carbocycles. The molecule has 4 rings (SSSR count). The second-order valence-electron chi connectivity index (χ2n) is 10.1. The summed E-state index contributed by atoms with van der Waals surface area (Å²) in [5.74, 6) is 0.259. The quantitative estimate of drug-likeness (QED) is 0.185. The van der Waals surface area contributed by atoms with Gasteiger partial charge in [0.05, 0.1) is 23.9 Å². The third kappa shape index (κ3) is 7.74. The number of carbonyl (C=O) groups is 3. The molecule has 0 unspecified atom stereocenters. The lowest BCUT2D eigenvalue weighted by Crippen LogP contribution is -2.37. The van der Waals surface area contributed by atoms with E-state index in [9.17, 15) is 14.4 Å². The van der Waals surface area contributed by atoms with Crippen LogP contribution in [0.1, 0.15) is 39.7 Å². The van der Waals surface area contributed by atoms with Crippen LogP contribution < -0.4 is 25.0 Å². The molecule has 234 valence electrons. The van der Waals surface area contributed by atoms with E-state index in [0.717, 1.165) is 28.0 Å². The zero-order chi connectivity index (χ0) is 32.7. The third-order valence-corrected chi connectivity index (χ3v) is 7.99. The van der Waals surface area contributed by atoms with Crippen molar-refractivity contribution in [1.82, 2.24) is 15.6 Å². The van der Waals surface area contributed by atoms with Gasteiger partial charge in [-0.3, -0.25) is 14.4 Å². The fraction of sp³-hybridized carbons (Fsp3) is 0.235. The lowest BCUT2D eigenvalue weighted by atomic mass is 10.1. The molecule has 0 saturated heterocycles. The van der Waals surface area contributed by atoms with Gasteiger partial charge in [-0.1, -0.05) is 41.4 Å². The summed E-state index contributed by atoms with van der Waals surface area (Å²) in [6.07, 6.45) is 2.90. The molecule has 4 aromatic rings. The molecule has 0 saturated carbocycles. The molecule has 0 fully saturated rings. The first-order valence-electron chi connectivity index (χ1n) is 14.2. The summed E-state index contributed by atoms with van der Waals surface area (Å²) in [6, 6.07) is 15.6. The maximum absolute atomic E-state index is 13.0. The van der Waals surface area contributed by atoms with Crippen molar-refractivity contribution in [3.05, 3.63) is 98.7 Å². The number of halogens is 2. The van der Waals surface area contributed by atoms with Crippen molar-refractivity contribution in [2.24, 2.45) is 0 Å². The predicted octanol–water partition coefficient (Wildman–Crippen LogP) is 6.29. The number of para-hydroxylation sites is 1. The van der Waals surface area contributed by atoms with Gasteiger partial charge in [0, 0.05) is 53.0 Å². The maximum Gasteiger partial charge on any atom is 0.251 e. The minimum absolute atomic E-state index is 0.0247. The summed E-state index contributed by atoms with van der Waals surface area (Å²) < 4.78 is 12.1. The number of hydrogen-bond donors (Lipinski definition) is 2. The number of amides is 3. The highest BCUT2D eigenvalue weighted by Gasteiger charge is 2.20. The van der Waals surface area contributed by atoms with E-state index in [1.165, 1.54) is 11.0 Å². The van der Waals surface area contributed by atoms with Gasteiger partial charge in [-0.15, -0.1) is 0 Å². The summed E-state index contributed by atoms with van der Waals surface area (Å²) in [7, 11) is 3.12. The van der Waals surface area contributed by atoms with Crippen LogP contribution >= 0.6 is 23.2 Å². The summed E-state index contributed by atoms with van der Waals surface area (Å²) in [6.45, 7) is 6.11. The largest absolute Gasteiger partial charge is 0.493 e. The van der Waals surface area contributed by atoms with Crippen molar-refractivity contribution < 1.29 is 23.9 Å². The Kier molecular flexibility index (Phi) is 11.0. The number of likely N-dealkylation sites (N-methyl/N-ethyl adjacent to an activating group) is 1. The number of nitrogens with one attached hydrogen (secondary N) is 2. The highest BCUT2D eigenvalue weighted by Crippen LogP contribution is 2.37. The number of nitrogens with zero attached hydrogens (tertiary/aromatic N) is 2. The third-order valence-electron chi connectivity index (χ3n) is 7.21. The molecule has 45 heavy (non-hydrogen) atoms. The highest BCUT2D eigenvalue weighted by atomic mass is 35.5. The standard InChI is InChI=1S/C34H34Cl2N4O5/c1-6-44-33-20(2)21(3)39-32-24(33)8-7-9-28(32)45-19-25-26(35)15-16-27(31(25)36)40(5)30(42)18-38-29(41)17-12-22-10-13-23(14-11-22)34(43)37-4/h7-17H,6,18-19H2,1-5H3,(H,37,43)(H,38,41)/b17-12+. The molecular weight excluding hydrogens is 615 g/mol. The van der Waals surface area contributed by atoms with E-state index < -0.39 is 11.8 Å². The first-order valence-corrected chi connectivity index (χ1v) is 15.0. The van der Waals surface area contributed by atoms with Crippen molar-refractivity contribution >= 4 is 63.6 Å². The number of carbonyl (C=O) groups excluding carboxylic acids is 3. The predicted molar refractivity (Wildman–Crippen MR) is 178 cm³/mol. The van der Waals surface area contributed by atoms with Gasteiger partial charge in [0.1, 0.15) is 23.6 Å². The normalized spacial score (nSPS) is 11.0. The van der Waals surface area contributed by atoms with Gasteiger partial charge in [0.15, 0.2) is 0 Å². The molecule has 0 atom stereocenters. The Morgan fingerprint density at radius 1 is 1.00 bits per heavy atom. The average Bonchev–Trinajstić information content (AvgIpc) is 3.04. The topological polar surface area (TPSA) is 110 Å². The second kappa shape index (κ2) is 14.9. The van der Waals surface area contributed by atoms with Gasteiger partial charge in [-0.2, -0.15) is 0 Å². The molecule has 1 heterocycles. The van der Waals surface area contributed by atoms with E-state index >= 15 is 0 Å². The minimum Gasteiger partial charge on any atom is -0.493 e. The molecule has 9 nitrogen and oxygen atoms in total. The van der Waals surface area contributed by atoms with Gasteiger partial charge >= 0.3 is 0 Å². The van der Waals surface area contributed by atoms with E-state index in [1.807, 2.05) is 39.0 Å². The number of fused-ring (bicyclic) bond motifs is 1. The van der Waals surface area contributed by atoms with Crippen LogP contribution in [0, 0.1) is 13.8 Å². The number of aryl methyl sites for hydroxylation is 1. The highest BCUT2D eigenvalue weighted by molar-refractivity contribution is 6.38. The summed E-state index contributed by atoms with van der Waals surface area (Å²) >= 11 is 13.3. The Morgan fingerprint density at radius 2 is 1.73 bits per heavy atom. The van der Waals surface area contributed by atoms with Crippen molar-refractivity contribution in [1.29, 1.82) is 0 Å². The SMILES string of the molecule is CCOc1c(C)c(C)nc2c(OCc3c(Cl)ccc(N(C)C(=O)CNC(=O)/C=C/c4ccc(C(=O)NC)cc4)c3Cl)cccc12. The fourth-order valence-electron chi connectivity index (χ4n) is 4.55. The Labute approximate surface area is 272 Å². The maximum atomic E-state index is 13.0. The number of pyridine rings is 1. The van der Waals surface area contributed by atoms with Gasteiger partial charge < -0.3 is 25.0 Å². The smallest absolute Gasteiger partial charge is 0.251 e. The fourth-order valence-corrected chi connectivity index (χ4v) is 5.16. The molecule has 0 aliphatic rings. The first kappa shape index (κ1) is 33.3. The number of rotatable bonds is 11. The second-order valence-corrected chi connectivity index (χ2v) is 10.9. The number of anilines is 1. The van der Waals surface area contributed by atoms with E-state index in [0.29, 0.717) is 39.7 Å². The van der Waals surface area contributed by atoms with E-state index in [-0.39, 0.29) is 24.1 Å². The van der Waals surface area contributed by atoms with Crippen LogP contribution in [0.3, 0.4) is 0 Å². The summed E-state index contributed by atoms with van der Waals surface area (Å²) in [4.78, 5) is 43.1. The van der Waals surface area contributed by atoms with Crippen LogP contribution in [-0.4, -0.2) is 50.0 Å². The summed E-state index contributed by atoms with van der Waals surface area (Å²) in [5.41, 5.74) is 4.60. The van der Waals surface area contributed by atoms with Gasteiger partial charge in [-0.25, -0.2) is 4.98 Å². The Morgan fingerprint density at radius 3 is 2.42 bits per heavy atom. The molecule has 11 heteroatoms. The molecule has 3 amide bonds. The van der Waals surface area contributed by atoms with E-state index in [2.05, 4.69) is 10.6 Å². The van der Waals surface area contributed by atoms with E-state index in [1.54, 1.807) is 56.6 Å². The first-order chi connectivity index (χ1) is 21.5. The van der Waals surface area contributed by atoms with Crippen LogP contribution in [-0.2, 0) is 16.2 Å². The number of benzene rings is 3. The van der Waals surface area contributed by atoms with Gasteiger partial charge in [-0.05, 0) is 68.8 Å². The van der Waals surface area contributed by atoms with Crippen LogP contribution in [0.4, 0.5) is 5.69 Å². The van der Waals surface area contributed by atoms with Crippen molar-refractivity contribution in [3.8, 4) is 11.5 Å². The van der Waals surface area contributed by atoms with Crippen molar-refractivity contribution in [3.63, 3.8) is 0 Å². The molecule has 0 radical (unpaired) electrons. The zero-order valence-electron chi connectivity index (χ0n) is 25.7. The Hall–Kier alpha value is -4.60. The molecule has 0 spiro atoms. The molecule has 1 aromatic heterocycles. The minimum atomic E-state index is -0.454. The van der Waals surface area contributed by atoms with E-state index in [4.69, 9.17) is 37.7 Å². The lowest BCUT2D eigenvalue weighted by Gasteiger charge is -2.21. The molecule has 0 aliphatic carbocycles. The molecular formula is C34H34Cl2N4O5. The molecule has 0 bridgehead atoms. The summed E-state index contributed by atoms with van der Waals surface area (Å²) in [5, 5.41) is 6.60. The number of ether oxygens (including phenoxy) is 2.